The van der Waals surface area contributed by atoms with Crippen LogP contribution in [0.2, 0.25) is 0 Å². The Hall–Kier alpha value is -3.81. The van der Waals surface area contributed by atoms with E-state index in [1.807, 2.05) is 0 Å². The lowest BCUT2D eigenvalue weighted by molar-refractivity contribution is -0.137. The van der Waals surface area contributed by atoms with Gasteiger partial charge in [0.05, 0.1) is 7.11 Å². The number of hydrogen-bond acceptors (Lipinski definition) is 6. The van der Waals surface area contributed by atoms with Crippen LogP contribution < -0.4 is 20.9 Å². The standard InChI is InChI=1S/C19H19N3O5/c1-25-15-7-2-13(3-8-15)4-11-18(24)27-22-19(21)14-5-9-16(10-6-14)26-12-17(20)23/h2-11H,12H2,1H3,(H2,20,23)(H2,21,22)/b11-4+. The highest BCUT2D eigenvalue weighted by atomic mass is 16.7. The molecule has 4 N–H and O–H groups in total. The number of amidine groups is 1. The van der Waals surface area contributed by atoms with Crippen molar-refractivity contribution in [3.63, 3.8) is 0 Å². The van der Waals surface area contributed by atoms with Gasteiger partial charge in [0.15, 0.2) is 12.4 Å². The van der Waals surface area contributed by atoms with Crippen LogP contribution in [0.3, 0.4) is 0 Å². The maximum atomic E-state index is 11.7. The molecule has 0 aromatic heterocycles. The Morgan fingerprint density at radius 3 is 2.22 bits per heavy atom. The van der Waals surface area contributed by atoms with Crippen molar-refractivity contribution < 1.29 is 23.9 Å². The second kappa shape index (κ2) is 9.62. The summed E-state index contributed by atoms with van der Waals surface area (Å²) in [5.74, 6) is -0.0597. The summed E-state index contributed by atoms with van der Waals surface area (Å²) in [5, 5.41) is 3.60. The van der Waals surface area contributed by atoms with Gasteiger partial charge in [0.1, 0.15) is 11.5 Å². The first-order valence-electron chi connectivity index (χ1n) is 7.86. The van der Waals surface area contributed by atoms with Crippen molar-refractivity contribution in [3.8, 4) is 11.5 Å². The van der Waals surface area contributed by atoms with Crippen LogP contribution >= 0.6 is 0 Å². The number of rotatable bonds is 8. The van der Waals surface area contributed by atoms with E-state index >= 15 is 0 Å². The van der Waals surface area contributed by atoms with Crippen molar-refractivity contribution in [2.45, 2.75) is 0 Å². The zero-order valence-electron chi connectivity index (χ0n) is 14.6. The molecule has 0 fully saturated rings. The van der Waals surface area contributed by atoms with Gasteiger partial charge in [0.2, 0.25) is 0 Å². The summed E-state index contributed by atoms with van der Waals surface area (Å²) in [5.41, 5.74) is 12.1. The van der Waals surface area contributed by atoms with Crippen LogP contribution in [0.25, 0.3) is 6.08 Å². The van der Waals surface area contributed by atoms with Crippen molar-refractivity contribution in [1.29, 1.82) is 0 Å². The molecular weight excluding hydrogens is 350 g/mol. The normalized spacial score (nSPS) is 11.2. The Kier molecular flexibility index (Phi) is 6.95. The maximum Gasteiger partial charge on any atom is 0.358 e. The first kappa shape index (κ1) is 19.5. The Morgan fingerprint density at radius 1 is 1.00 bits per heavy atom. The minimum absolute atomic E-state index is 0.0163. The first-order chi connectivity index (χ1) is 13.0. The highest BCUT2D eigenvalue weighted by Gasteiger charge is 2.03. The van der Waals surface area contributed by atoms with Gasteiger partial charge in [-0.1, -0.05) is 17.3 Å². The molecule has 0 saturated carbocycles. The smallest absolute Gasteiger partial charge is 0.358 e. The fourth-order valence-corrected chi connectivity index (χ4v) is 1.93. The molecule has 0 spiro atoms. The highest BCUT2D eigenvalue weighted by molar-refractivity contribution is 5.98. The summed E-state index contributed by atoms with van der Waals surface area (Å²) in [4.78, 5) is 27.1. The zero-order valence-corrected chi connectivity index (χ0v) is 14.6. The van der Waals surface area contributed by atoms with Crippen LogP contribution in [0.4, 0.5) is 0 Å². The van der Waals surface area contributed by atoms with Crippen LogP contribution in [-0.2, 0) is 14.4 Å². The lowest BCUT2D eigenvalue weighted by Crippen LogP contribution is -2.20. The molecule has 27 heavy (non-hydrogen) atoms. The second-order valence-corrected chi connectivity index (χ2v) is 5.27. The zero-order chi connectivity index (χ0) is 19.6. The van der Waals surface area contributed by atoms with Gasteiger partial charge in [-0.2, -0.15) is 0 Å². The van der Waals surface area contributed by atoms with Gasteiger partial charge >= 0.3 is 5.97 Å². The fourth-order valence-electron chi connectivity index (χ4n) is 1.93. The van der Waals surface area contributed by atoms with Crippen LogP contribution in [0, 0.1) is 0 Å². The fraction of sp³-hybridized carbons (Fsp3) is 0.105. The summed E-state index contributed by atoms with van der Waals surface area (Å²) in [6.07, 6.45) is 2.82. The maximum absolute atomic E-state index is 11.7. The number of carbonyl (C=O) groups excluding carboxylic acids is 2. The first-order valence-corrected chi connectivity index (χ1v) is 7.86. The number of amides is 1. The molecule has 0 atom stereocenters. The third kappa shape index (κ3) is 6.54. The van der Waals surface area contributed by atoms with Crippen LogP contribution in [-0.4, -0.2) is 31.4 Å². The molecule has 2 rings (SSSR count). The molecule has 8 heteroatoms. The van der Waals surface area contributed by atoms with Gasteiger partial charge in [0.25, 0.3) is 5.91 Å². The summed E-state index contributed by atoms with van der Waals surface area (Å²) in [6.45, 7) is -0.221. The van der Waals surface area contributed by atoms with E-state index in [1.54, 1.807) is 61.7 Å². The van der Waals surface area contributed by atoms with E-state index in [0.29, 0.717) is 11.3 Å². The molecule has 0 heterocycles. The second-order valence-electron chi connectivity index (χ2n) is 5.27. The third-order valence-electron chi connectivity index (χ3n) is 3.29. The summed E-state index contributed by atoms with van der Waals surface area (Å²) in [6, 6.07) is 13.5. The molecule has 2 aromatic rings. The summed E-state index contributed by atoms with van der Waals surface area (Å²) < 4.78 is 10.2. The minimum Gasteiger partial charge on any atom is -0.497 e. The minimum atomic E-state index is -0.671. The average molecular weight is 369 g/mol. The van der Waals surface area contributed by atoms with Crippen LogP contribution in [0.5, 0.6) is 11.5 Å². The molecular formula is C19H19N3O5. The number of nitrogens with two attached hydrogens (primary N) is 2. The number of oxime groups is 1. The number of nitrogens with zero attached hydrogens (tertiary/aromatic N) is 1. The lowest BCUT2D eigenvalue weighted by atomic mass is 10.2. The van der Waals surface area contributed by atoms with Gasteiger partial charge in [0, 0.05) is 11.6 Å². The van der Waals surface area contributed by atoms with Gasteiger partial charge < -0.3 is 25.8 Å². The van der Waals surface area contributed by atoms with Gasteiger partial charge in [-0.05, 0) is 48.0 Å². The van der Waals surface area contributed by atoms with E-state index in [9.17, 15) is 9.59 Å². The van der Waals surface area contributed by atoms with Gasteiger partial charge in [-0.15, -0.1) is 0 Å². The SMILES string of the molecule is COc1ccc(/C=C/C(=O)O/N=C(\N)c2ccc(OCC(N)=O)cc2)cc1. The van der Waals surface area contributed by atoms with E-state index in [4.69, 9.17) is 25.8 Å². The Bertz CT molecular complexity index is 843. The van der Waals surface area contributed by atoms with Crippen molar-refractivity contribution in [1.82, 2.24) is 0 Å². The van der Waals surface area contributed by atoms with E-state index in [-0.39, 0.29) is 12.4 Å². The van der Waals surface area contributed by atoms with Crippen LogP contribution in [0.1, 0.15) is 11.1 Å². The average Bonchev–Trinajstić information content (AvgIpc) is 2.69. The predicted molar refractivity (Wildman–Crippen MR) is 100.0 cm³/mol. The largest absolute Gasteiger partial charge is 0.497 e. The predicted octanol–water partition coefficient (Wildman–Crippen LogP) is 1.44. The Morgan fingerprint density at radius 2 is 1.63 bits per heavy atom. The molecule has 0 bridgehead atoms. The Balaban J connectivity index is 1.90. The molecule has 0 saturated heterocycles. The van der Waals surface area contributed by atoms with Gasteiger partial charge in [-0.3, -0.25) is 4.79 Å². The summed E-state index contributed by atoms with van der Waals surface area (Å²) >= 11 is 0. The van der Waals surface area contributed by atoms with E-state index < -0.39 is 11.9 Å². The number of carbonyl (C=O) groups is 2. The molecule has 0 aliphatic carbocycles. The van der Waals surface area contributed by atoms with Gasteiger partial charge in [-0.25, -0.2) is 4.79 Å². The molecule has 0 unspecified atom stereocenters. The highest BCUT2D eigenvalue weighted by Crippen LogP contribution is 2.13. The molecule has 2 aromatic carbocycles. The Labute approximate surface area is 156 Å². The third-order valence-corrected chi connectivity index (χ3v) is 3.29. The summed E-state index contributed by atoms with van der Waals surface area (Å²) in [7, 11) is 1.58. The molecule has 0 radical (unpaired) electrons. The monoisotopic (exact) mass is 369 g/mol. The van der Waals surface area contributed by atoms with Crippen molar-refractivity contribution in [3.05, 3.63) is 65.7 Å². The van der Waals surface area contributed by atoms with E-state index in [0.717, 1.165) is 11.3 Å². The van der Waals surface area contributed by atoms with Crippen molar-refractivity contribution >= 4 is 23.8 Å². The van der Waals surface area contributed by atoms with Crippen molar-refractivity contribution in [2.75, 3.05) is 13.7 Å². The molecule has 0 aliphatic heterocycles. The number of primary amides is 1. The molecule has 1 amide bonds. The van der Waals surface area contributed by atoms with Crippen molar-refractivity contribution in [2.24, 2.45) is 16.6 Å². The van der Waals surface area contributed by atoms with Crippen LogP contribution in [0.15, 0.2) is 59.8 Å². The molecule has 8 nitrogen and oxygen atoms in total. The quantitative estimate of drug-likeness (QED) is 0.238. The number of hydrogen-bond donors (Lipinski definition) is 2. The van der Waals surface area contributed by atoms with E-state index in [2.05, 4.69) is 5.16 Å². The topological polar surface area (TPSA) is 126 Å². The number of benzene rings is 2. The number of methoxy groups -OCH3 is 1. The molecule has 140 valence electrons. The molecule has 0 aliphatic rings. The lowest BCUT2D eigenvalue weighted by Gasteiger charge is -2.04. The van der Waals surface area contributed by atoms with E-state index in [1.165, 1.54) is 6.08 Å². The number of ether oxygens (including phenoxy) is 2.